The summed E-state index contributed by atoms with van der Waals surface area (Å²) in [5.41, 5.74) is 3.49. The van der Waals surface area contributed by atoms with E-state index in [4.69, 9.17) is 5.26 Å². The highest BCUT2D eigenvalue weighted by molar-refractivity contribution is 5.71. The Morgan fingerprint density at radius 3 is 2.31 bits per heavy atom. The van der Waals surface area contributed by atoms with Gasteiger partial charge < -0.3 is 10.0 Å². The maximum atomic E-state index is 12.5. The van der Waals surface area contributed by atoms with Crippen LogP contribution in [0, 0.1) is 40.9 Å². The molecule has 2 unspecified atom stereocenters. The highest BCUT2D eigenvalue weighted by Crippen LogP contribution is 2.50. The molecule has 1 heterocycles. The van der Waals surface area contributed by atoms with Crippen LogP contribution in [-0.4, -0.2) is 35.6 Å². The number of benzene rings is 2. The lowest BCUT2D eigenvalue weighted by molar-refractivity contribution is -0.146. The van der Waals surface area contributed by atoms with E-state index in [9.17, 15) is 9.90 Å². The number of rotatable bonds is 10. The van der Waals surface area contributed by atoms with Crippen molar-refractivity contribution in [2.45, 2.75) is 83.0 Å². The third-order valence-corrected chi connectivity index (χ3v) is 10.3. The van der Waals surface area contributed by atoms with E-state index in [0.717, 1.165) is 50.1 Å². The van der Waals surface area contributed by atoms with Gasteiger partial charge in [0, 0.05) is 6.54 Å². The standard InChI is InChI=1S/C35H46N2O2/c36-24-28-16-14-26(15-17-28)8-7-9-27-18-20-37(21-19-27)25-32-22-31(23-33(32)29-10-3-1-4-11-29)34(35(38)39)30-12-5-2-6-13-30/h1,3-4,10-11,14-17,27,30-34H,2,5-9,12-13,18-23,25H2,(H,38,39)/t31?,32-,33-,34?/m1/s1. The van der Waals surface area contributed by atoms with E-state index in [0.29, 0.717) is 23.7 Å². The predicted molar refractivity (Wildman–Crippen MR) is 156 cm³/mol. The van der Waals surface area contributed by atoms with Crippen LogP contribution in [0.15, 0.2) is 54.6 Å². The Hall–Kier alpha value is -2.64. The van der Waals surface area contributed by atoms with Crippen molar-refractivity contribution in [3.63, 3.8) is 0 Å². The summed E-state index contributed by atoms with van der Waals surface area (Å²) in [4.78, 5) is 15.2. The Kier molecular flexibility index (Phi) is 9.75. The smallest absolute Gasteiger partial charge is 0.307 e. The summed E-state index contributed by atoms with van der Waals surface area (Å²) in [6.45, 7) is 3.47. The largest absolute Gasteiger partial charge is 0.481 e. The summed E-state index contributed by atoms with van der Waals surface area (Å²) in [7, 11) is 0. The van der Waals surface area contributed by atoms with Crippen LogP contribution < -0.4 is 0 Å². The number of nitrogens with zero attached hydrogens (tertiary/aromatic N) is 2. The van der Waals surface area contributed by atoms with Gasteiger partial charge in [-0.3, -0.25) is 4.79 Å². The van der Waals surface area contributed by atoms with Gasteiger partial charge in [-0.25, -0.2) is 0 Å². The summed E-state index contributed by atoms with van der Waals surface area (Å²) in [6, 6.07) is 21.2. The zero-order valence-electron chi connectivity index (χ0n) is 23.5. The lowest BCUT2D eigenvalue weighted by atomic mass is 9.73. The van der Waals surface area contributed by atoms with Gasteiger partial charge in [0.2, 0.25) is 0 Å². The Morgan fingerprint density at radius 1 is 0.923 bits per heavy atom. The van der Waals surface area contributed by atoms with Crippen molar-refractivity contribution >= 4 is 5.97 Å². The minimum atomic E-state index is -0.541. The minimum Gasteiger partial charge on any atom is -0.481 e. The second-order valence-electron chi connectivity index (χ2n) is 12.7. The molecule has 208 valence electrons. The van der Waals surface area contributed by atoms with E-state index in [1.54, 1.807) is 0 Å². The molecule has 2 saturated carbocycles. The first-order valence-corrected chi connectivity index (χ1v) is 15.6. The number of aliphatic carboxylic acids is 1. The molecule has 0 amide bonds. The van der Waals surface area contributed by atoms with Crippen LogP contribution in [0.1, 0.15) is 93.2 Å². The fraction of sp³-hybridized carbons (Fsp3) is 0.600. The maximum Gasteiger partial charge on any atom is 0.307 e. The molecule has 0 bridgehead atoms. The molecule has 2 aliphatic carbocycles. The number of piperidine rings is 1. The zero-order valence-corrected chi connectivity index (χ0v) is 23.5. The van der Waals surface area contributed by atoms with E-state index in [1.165, 1.54) is 69.2 Å². The van der Waals surface area contributed by atoms with Crippen LogP contribution >= 0.6 is 0 Å². The molecule has 3 fully saturated rings. The Balaban J connectivity index is 1.15. The SMILES string of the molecule is N#Cc1ccc(CCCC2CCN(C[C@H]3CC(C(C(=O)O)C4CCCCC4)C[C@@H]3c3ccccc3)CC2)cc1. The molecule has 1 saturated heterocycles. The molecule has 2 aromatic rings. The normalized spacial score (nSPS) is 25.8. The third-order valence-electron chi connectivity index (χ3n) is 10.3. The van der Waals surface area contributed by atoms with Crippen molar-refractivity contribution in [1.82, 2.24) is 4.90 Å². The third kappa shape index (κ3) is 7.31. The summed E-state index contributed by atoms with van der Waals surface area (Å²) < 4.78 is 0. The molecule has 0 aromatic heterocycles. The van der Waals surface area contributed by atoms with Gasteiger partial charge in [-0.1, -0.05) is 68.1 Å². The van der Waals surface area contributed by atoms with Crippen LogP contribution in [0.4, 0.5) is 0 Å². The number of carboxylic acid groups (broad SMARTS) is 1. The van der Waals surface area contributed by atoms with Gasteiger partial charge in [-0.15, -0.1) is 0 Å². The van der Waals surface area contributed by atoms with Gasteiger partial charge in [0.25, 0.3) is 0 Å². The molecule has 0 spiro atoms. The molecular weight excluding hydrogens is 480 g/mol. The van der Waals surface area contributed by atoms with E-state index < -0.39 is 5.97 Å². The van der Waals surface area contributed by atoms with Crippen molar-refractivity contribution < 1.29 is 9.90 Å². The Bertz CT molecular complexity index is 1080. The fourth-order valence-corrected chi connectivity index (χ4v) is 8.18. The summed E-state index contributed by atoms with van der Waals surface area (Å²) in [5.74, 6) is 1.81. The molecular formula is C35H46N2O2. The Labute approximate surface area is 235 Å². The fourth-order valence-electron chi connectivity index (χ4n) is 8.18. The van der Waals surface area contributed by atoms with E-state index in [1.807, 2.05) is 12.1 Å². The Morgan fingerprint density at radius 2 is 1.64 bits per heavy atom. The van der Waals surface area contributed by atoms with Crippen molar-refractivity contribution in [2.75, 3.05) is 19.6 Å². The van der Waals surface area contributed by atoms with Crippen LogP contribution in [0.25, 0.3) is 0 Å². The van der Waals surface area contributed by atoms with Crippen LogP contribution in [-0.2, 0) is 11.2 Å². The maximum absolute atomic E-state index is 12.5. The second kappa shape index (κ2) is 13.6. The first-order valence-electron chi connectivity index (χ1n) is 15.6. The molecule has 5 rings (SSSR count). The van der Waals surface area contributed by atoms with Gasteiger partial charge in [0.1, 0.15) is 0 Å². The van der Waals surface area contributed by atoms with Crippen LogP contribution in [0.2, 0.25) is 0 Å². The van der Waals surface area contributed by atoms with Crippen molar-refractivity contribution in [2.24, 2.45) is 29.6 Å². The van der Waals surface area contributed by atoms with Crippen LogP contribution in [0.3, 0.4) is 0 Å². The van der Waals surface area contributed by atoms with E-state index in [-0.39, 0.29) is 5.92 Å². The average Bonchev–Trinajstić information content (AvgIpc) is 3.38. The lowest BCUT2D eigenvalue weighted by Gasteiger charge is -2.35. The summed E-state index contributed by atoms with van der Waals surface area (Å²) in [6.07, 6.45) is 14.1. The van der Waals surface area contributed by atoms with Crippen molar-refractivity contribution in [1.29, 1.82) is 5.26 Å². The highest BCUT2D eigenvalue weighted by atomic mass is 16.4. The van der Waals surface area contributed by atoms with Crippen LogP contribution in [0.5, 0.6) is 0 Å². The first kappa shape index (κ1) is 27.9. The number of aryl methyl sites for hydroxylation is 1. The van der Waals surface area contributed by atoms with E-state index >= 15 is 0 Å². The monoisotopic (exact) mass is 526 g/mol. The molecule has 4 nitrogen and oxygen atoms in total. The van der Waals surface area contributed by atoms with Gasteiger partial charge in [0.05, 0.1) is 17.6 Å². The van der Waals surface area contributed by atoms with Crippen molar-refractivity contribution in [3.05, 3.63) is 71.3 Å². The van der Waals surface area contributed by atoms with E-state index in [2.05, 4.69) is 53.4 Å². The molecule has 2 aromatic carbocycles. The molecule has 1 aliphatic heterocycles. The summed E-state index contributed by atoms with van der Waals surface area (Å²) >= 11 is 0. The zero-order chi connectivity index (χ0) is 27.0. The second-order valence-corrected chi connectivity index (χ2v) is 12.7. The number of carbonyl (C=O) groups is 1. The predicted octanol–water partition coefficient (Wildman–Crippen LogP) is 7.68. The number of likely N-dealkylation sites (tertiary alicyclic amines) is 1. The molecule has 0 radical (unpaired) electrons. The average molecular weight is 527 g/mol. The van der Waals surface area contributed by atoms with Gasteiger partial charge in [-0.05, 0) is 117 Å². The molecule has 3 aliphatic rings. The van der Waals surface area contributed by atoms with Gasteiger partial charge in [0.15, 0.2) is 0 Å². The quantitative estimate of drug-likeness (QED) is 0.345. The number of hydrogen-bond donors (Lipinski definition) is 1. The van der Waals surface area contributed by atoms with Crippen molar-refractivity contribution in [3.8, 4) is 6.07 Å². The number of carboxylic acids is 1. The molecule has 1 N–H and O–H groups in total. The molecule has 4 atom stereocenters. The number of nitriles is 1. The molecule has 39 heavy (non-hydrogen) atoms. The highest BCUT2D eigenvalue weighted by Gasteiger charge is 2.44. The topological polar surface area (TPSA) is 64.3 Å². The van der Waals surface area contributed by atoms with Gasteiger partial charge >= 0.3 is 5.97 Å². The lowest BCUT2D eigenvalue weighted by Crippen LogP contribution is -2.38. The minimum absolute atomic E-state index is 0.164. The first-order chi connectivity index (χ1) is 19.1. The molecule has 4 heteroatoms. The number of hydrogen-bond acceptors (Lipinski definition) is 3. The van der Waals surface area contributed by atoms with Gasteiger partial charge in [-0.2, -0.15) is 5.26 Å². The summed E-state index contributed by atoms with van der Waals surface area (Å²) in [5, 5.41) is 19.3.